The summed E-state index contributed by atoms with van der Waals surface area (Å²) in [6.45, 7) is 3.42. The number of hydrogen-bond donors (Lipinski definition) is 2. The lowest BCUT2D eigenvalue weighted by atomic mass is 10.1. The molecule has 0 atom stereocenters. The van der Waals surface area contributed by atoms with E-state index in [0.717, 1.165) is 22.0 Å². The van der Waals surface area contributed by atoms with E-state index in [-0.39, 0.29) is 17.6 Å². The molecule has 4 rings (SSSR count). The molecule has 0 aliphatic heterocycles. The summed E-state index contributed by atoms with van der Waals surface area (Å²) in [7, 11) is 0. The number of carbonyl (C=O) groups is 2. The van der Waals surface area contributed by atoms with E-state index in [1.807, 2.05) is 54.8 Å². The third kappa shape index (κ3) is 5.40. The highest BCUT2D eigenvalue weighted by Crippen LogP contribution is 2.25. The molecule has 0 saturated heterocycles. The van der Waals surface area contributed by atoms with E-state index in [1.165, 1.54) is 18.7 Å². The number of nitrogens with zero attached hydrogens (tertiary/aromatic N) is 4. The van der Waals surface area contributed by atoms with E-state index in [2.05, 4.69) is 25.8 Å². The molecule has 2 aromatic carbocycles. The summed E-state index contributed by atoms with van der Waals surface area (Å²) in [5.74, 6) is -0.126. The van der Waals surface area contributed by atoms with Crippen molar-refractivity contribution < 1.29 is 9.59 Å². The van der Waals surface area contributed by atoms with Crippen LogP contribution in [0.5, 0.6) is 0 Å². The molecule has 0 spiro atoms. The molecule has 0 unspecified atom stereocenters. The number of anilines is 2. The van der Waals surface area contributed by atoms with Crippen LogP contribution in [0.1, 0.15) is 11.9 Å². The van der Waals surface area contributed by atoms with Crippen molar-refractivity contribution in [1.82, 2.24) is 19.7 Å². The van der Waals surface area contributed by atoms with Crippen LogP contribution in [-0.4, -0.2) is 37.3 Å². The first-order chi connectivity index (χ1) is 15.5. The van der Waals surface area contributed by atoms with Gasteiger partial charge in [-0.15, -0.1) is 21.5 Å². The van der Waals surface area contributed by atoms with E-state index in [9.17, 15) is 9.59 Å². The molecule has 2 N–H and O–H groups in total. The molecule has 4 aromatic rings. The molecule has 0 aliphatic carbocycles. The van der Waals surface area contributed by atoms with Crippen LogP contribution in [0.2, 0.25) is 0 Å². The molecular weight excluding hydrogens is 444 g/mol. The van der Waals surface area contributed by atoms with Crippen molar-refractivity contribution in [3.05, 3.63) is 65.2 Å². The van der Waals surface area contributed by atoms with Crippen molar-refractivity contribution in [3.8, 4) is 16.9 Å². The summed E-state index contributed by atoms with van der Waals surface area (Å²) >= 11 is 2.87. The Morgan fingerprint density at radius 3 is 2.62 bits per heavy atom. The van der Waals surface area contributed by atoms with Gasteiger partial charge in [0.25, 0.3) is 0 Å². The quantitative estimate of drug-likeness (QED) is 0.393. The van der Waals surface area contributed by atoms with Gasteiger partial charge in [-0.05, 0) is 37.3 Å². The molecule has 2 heterocycles. The lowest BCUT2D eigenvalue weighted by Gasteiger charge is -2.09. The molecule has 32 heavy (non-hydrogen) atoms. The molecule has 0 bridgehead atoms. The van der Waals surface area contributed by atoms with Crippen LogP contribution in [0.25, 0.3) is 16.9 Å². The molecule has 0 saturated carbocycles. The Labute approximate surface area is 193 Å². The van der Waals surface area contributed by atoms with E-state index >= 15 is 0 Å². The van der Waals surface area contributed by atoms with Crippen LogP contribution in [0.3, 0.4) is 0 Å². The zero-order chi connectivity index (χ0) is 22.5. The molecule has 2 aromatic heterocycles. The second-order valence-corrected chi connectivity index (χ2v) is 8.89. The largest absolute Gasteiger partial charge is 0.326 e. The monoisotopic (exact) mass is 464 g/mol. The fraction of sp³-hybridized carbons (Fsp3) is 0.136. The van der Waals surface area contributed by atoms with Crippen molar-refractivity contribution in [2.24, 2.45) is 0 Å². The predicted octanol–water partition coefficient (Wildman–Crippen LogP) is 4.39. The minimum Gasteiger partial charge on any atom is -0.326 e. The molecule has 8 nitrogen and oxygen atoms in total. The topological polar surface area (TPSA) is 102 Å². The molecule has 0 aliphatic rings. The highest BCUT2D eigenvalue weighted by Gasteiger charge is 2.12. The normalized spacial score (nSPS) is 10.7. The maximum Gasteiger partial charge on any atom is 0.234 e. The van der Waals surface area contributed by atoms with Gasteiger partial charge in [0.1, 0.15) is 6.33 Å². The highest BCUT2D eigenvalue weighted by molar-refractivity contribution is 7.99. The number of thiazole rings is 1. The van der Waals surface area contributed by atoms with Gasteiger partial charge in [0.05, 0.1) is 22.1 Å². The maximum absolute atomic E-state index is 12.5. The number of nitrogens with one attached hydrogen (secondary N) is 2. The van der Waals surface area contributed by atoms with Gasteiger partial charge in [-0.2, -0.15) is 0 Å². The summed E-state index contributed by atoms with van der Waals surface area (Å²) in [6.07, 6.45) is 1.58. The summed E-state index contributed by atoms with van der Waals surface area (Å²) < 4.78 is 1.77. The van der Waals surface area contributed by atoms with E-state index in [0.29, 0.717) is 16.5 Å². The van der Waals surface area contributed by atoms with E-state index in [1.54, 1.807) is 28.3 Å². The SMILES string of the molecule is CC(=O)Nc1cccc(-n2cnnc2SCC(=O)Nc2cccc(-c3csc(C)n3)c2)c1. The first-order valence-corrected chi connectivity index (χ1v) is 11.6. The minimum absolute atomic E-state index is 0.147. The Morgan fingerprint density at radius 1 is 1.09 bits per heavy atom. The predicted molar refractivity (Wildman–Crippen MR) is 127 cm³/mol. The molecular formula is C22H20N6O2S2. The molecule has 0 fully saturated rings. The highest BCUT2D eigenvalue weighted by atomic mass is 32.2. The van der Waals surface area contributed by atoms with Gasteiger partial charge in [-0.1, -0.05) is 30.0 Å². The summed E-state index contributed by atoms with van der Waals surface area (Å²) in [6, 6.07) is 15.0. The molecule has 10 heteroatoms. The van der Waals surface area contributed by atoms with E-state index < -0.39 is 0 Å². The van der Waals surface area contributed by atoms with Gasteiger partial charge < -0.3 is 10.6 Å². The minimum atomic E-state index is -0.150. The van der Waals surface area contributed by atoms with Crippen LogP contribution in [0, 0.1) is 6.92 Å². The summed E-state index contributed by atoms with van der Waals surface area (Å²) in [4.78, 5) is 28.3. The molecule has 162 valence electrons. The number of hydrogen-bond acceptors (Lipinski definition) is 7. The first-order valence-electron chi connectivity index (χ1n) is 9.71. The van der Waals surface area contributed by atoms with Crippen molar-refractivity contribution in [1.29, 1.82) is 0 Å². The van der Waals surface area contributed by atoms with Crippen LogP contribution in [-0.2, 0) is 9.59 Å². The van der Waals surface area contributed by atoms with Crippen LogP contribution >= 0.6 is 23.1 Å². The average molecular weight is 465 g/mol. The zero-order valence-electron chi connectivity index (χ0n) is 17.4. The lowest BCUT2D eigenvalue weighted by Crippen LogP contribution is -2.14. The first kappa shape index (κ1) is 21.7. The van der Waals surface area contributed by atoms with Gasteiger partial charge >= 0.3 is 0 Å². The van der Waals surface area contributed by atoms with Crippen LogP contribution in [0.4, 0.5) is 11.4 Å². The maximum atomic E-state index is 12.5. The van der Waals surface area contributed by atoms with Gasteiger partial charge in [-0.3, -0.25) is 14.2 Å². The Kier molecular flexibility index (Phi) is 6.62. The second-order valence-electron chi connectivity index (χ2n) is 6.88. The van der Waals surface area contributed by atoms with Gasteiger partial charge in [-0.25, -0.2) is 4.98 Å². The summed E-state index contributed by atoms with van der Waals surface area (Å²) in [5, 5.41) is 17.3. The van der Waals surface area contributed by atoms with Crippen molar-refractivity contribution in [2.75, 3.05) is 16.4 Å². The van der Waals surface area contributed by atoms with Crippen LogP contribution < -0.4 is 10.6 Å². The number of thioether (sulfide) groups is 1. The van der Waals surface area contributed by atoms with E-state index in [4.69, 9.17) is 0 Å². The smallest absolute Gasteiger partial charge is 0.234 e. The van der Waals surface area contributed by atoms with Gasteiger partial charge in [0.15, 0.2) is 5.16 Å². The number of aryl methyl sites for hydroxylation is 1. The number of aromatic nitrogens is 4. The third-order valence-corrected chi connectivity index (χ3v) is 6.07. The number of amides is 2. The standard InChI is InChI=1S/C22H20N6O2S2/c1-14(29)24-18-7-4-8-19(10-18)28-13-23-27-22(28)32-12-21(30)26-17-6-3-5-16(9-17)20-11-31-15(2)25-20/h3-11,13H,12H2,1-2H3,(H,24,29)(H,26,30). The fourth-order valence-corrected chi connectivity index (χ4v) is 4.37. The third-order valence-electron chi connectivity index (χ3n) is 4.35. The van der Waals surface area contributed by atoms with Gasteiger partial charge in [0, 0.05) is 29.2 Å². The summed E-state index contributed by atoms with van der Waals surface area (Å²) in [5.41, 5.74) is 4.03. The van der Waals surface area contributed by atoms with Gasteiger partial charge in [0.2, 0.25) is 11.8 Å². The average Bonchev–Trinajstić information content (AvgIpc) is 3.41. The Hall–Kier alpha value is -3.50. The second kappa shape index (κ2) is 9.75. The number of benzene rings is 2. The van der Waals surface area contributed by atoms with Crippen molar-refractivity contribution >= 4 is 46.3 Å². The molecule has 0 radical (unpaired) electrons. The fourth-order valence-electron chi connectivity index (χ4n) is 3.02. The Balaban J connectivity index is 1.41. The number of carbonyl (C=O) groups excluding carboxylic acids is 2. The van der Waals surface area contributed by atoms with Crippen LogP contribution in [0.15, 0.2) is 65.4 Å². The molecule has 2 amide bonds. The Morgan fingerprint density at radius 2 is 1.88 bits per heavy atom. The Bertz CT molecular complexity index is 1270. The zero-order valence-corrected chi connectivity index (χ0v) is 19.0. The number of rotatable bonds is 7. The van der Waals surface area contributed by atoms with Crippen molar-refractivity contribution in [3.63, 3.8) is 0 Å². The van der Waals surface area contributed by atoms with Crippen molar-refractivity contribution in [2.45, 2.75) is 19.0 Å². The lowest BCUT2D eigenvalue weighted by molar-refractivity contribution is -0.114.